The molecule has 0 atom stereocenters. The van der Waals surface area contributed by atoms with Gasteiger partial charge in [0.15, 0.2) is 5.78 Å². The first-order valence-electron chi connectivity index (χ1n) is 5.35. The zero-order valence-corrected chi connectivity index (χ0v) is 12.0. The van der Waals surface area contributed by atoms with Crippen molar-refractivity contribution in [3.05, 3.63) is 57.2 Å². The van der Waals surface area contributed by atoms with Gasteiger partial charge in [-0.15, -0.1) is 0 Å². The average Bonchev–Trinajstić information content (AvgIpc) is 2.39. The molecule has 0 heterocycles. The van der Waals surface area contributed by atoms with Gasteiger partial charge in [-0.05, 0) is 65.1 Å². The van der Waals surface area contributed by atoms with Gasteiger partial charge >= 0.3 is 0 Å². The summed E-state index contributed by atoms with van der Waals surface area (Å²) in [6.07, 6.45) is 0. The van der Waals surface area contributed by atoms with Crippen LogP contribution in [0.4, 0.5) is 5.69 Å². The van der Waals surface area contributed by atoms with Crippen LogP contribution in [0, 0.1) is 3.57 Å². The van der Waals surface area contributed by atoms with E-state index in [2.05, 4.69) is 22.6 Å². The van der Waals surface area contributed by atoms with Crippen LogP contribution in [0.5, 0.6) is 5.75 Å². The summed E-state index contributed by atoms with van der Waals surface area (Å²) in [5.41, 5.74) is 7.38. The van der Waals surface area contributed by atoms with Crippen molar-refractivity contribution >= 4 is 34.1 Å². The molecule has 2 rings (SSSR count). The number of halogens is 1. The molecule has 0 bridgehead atoms. The number of hydrogen-bond acceptors (Lipinski definition) is 3. The average molecular weight is 353 g/mol. The summed E-state index contributed by atoms with van der Waals surface area (Å²) >= 11 is 2.20. The quantitative estimate of drug-likeness (QED) is 0.524. The maximum Gasteiger partial charge on any atom is 0.195 e. The van der Waals surface area contributed by atoms with Crippen molar-refractivity contribution in [2.24, 2.45) is 0 Å². The Hall–Kier alpha value is -1.56. The number of nitrogen functional groups attached to an aromatic ring is 1. The van der Waals surface area contributed by atoms with E-state index >= 15 is 0 Å². The first-order chi connectivity index (χ1) is 8.61. The number of anilines is 1. The lowest BCUT2D eigenvalue weighted by Gasteiger charge is -2.07. The lowest BCUT2D eigenvalue weighted by atomic mass is 10.0. The van der Waals surface area contributed by atoms with Crippen molar-refractivity contribution in [2.75, 3.05) is 12.8 Å². The minimum atomic E-state index is -0.0946. The summed E-state index contributed by atoms with van der Waals surface area (Å²) in [6.45, 7) is 0. The lowest BCUT2D eigenvalue weighted by molar-refractivity contribution is 0.103. The normalized spacial score (nSPS) is 10.1. The van der Waals surface area contributed by atoms with Crippen LogP contribution in [0.15, 0.2) is 42.5 Å². The summed E-state index contributed by atoms with van der Waals surface area (Å²) in [6, 6.07) is 12.5. The monoisotopic (exact) mass is 353 g/mol. The van der Waals surface area contributed by atoms with Crippen LogP contribution in [0.2, 0.25) is 0 Å². The summed E-state index contributed by atoms with van der Waals surface area (Å²) in [7, 11) is 1.56. The highest BCUT2D eigenvalue weighted by atomic mass is 127. The van der Waals surface area contributed by atoms with E-state index in [1.165, 1.54) is 0 Å². The highest BCUT2D eigenvalue weighted by molar-refractivity contribution is 14.1. The SMILES string of the molecule is COc1ccc(N)c(C(=O)c2ccc(I)cc2)c1. The van der Waals surface area contributed by atoms with Gasteiger partial charge in [0.1, 0.15) is 5.75 Å². The number of methoxy groups -OCH3 is 1. The van der Waals surface area contributed by atoms with Crippen LogP contribution in [0.3, 0.4) is 0 Å². The van der Waals surface area contributed by atoms with E-state index in [9.17, 15) is 4.79 Å². The number of carbonyl (C=O) groups excluding carboxylic acids is 1. The molecule has 0 unspecified atom stereocenters. The molecule has 0 aliphatic heterocycles. The minimum Gasteiger partial charge on any atom is -0.497 e. The molecule has 2 aromatic rings. The van der Waals surface area contributed by atoms with Gasteiger partial charge in [-0.25, -0.2) is 0 Å². The Bertz CT molecular complexity index is 579. The van der Waals surface area contributed by atoms with Crippen molar-refractivity contribution in [3.8, 4) is 5.75 Å². The van der Waals surface area contributed by atoms with Crippen LogP contribution in [0.25, 0.3) is 0 Å². The molecule has 18 heavy (non-hydrogen) atoms. The van der Waals surface area contributed by atoms with E-state index in [-0.39, 0.29) is 5.78 Å². The van der Waals surface area contributed by atoms with Gasteiger partial charge in [-0.2, -0.15) is 0 Å². The van der Waals surface area contributed by atoms with E-state index < -0.39 is 0 Å². The Balaban J connectivity index is 2.42. The Morgan fingerprint density at radius 1 is 1.17 bits per heavy atom. The molecule has 0 aromatic heterocycles. The topological polar surface area (TPSA) is 52.3 Å². The fourth-order valence-electron chi connectivity index (χ4n) is 1.62. The van der Waals surface area contributed by atoms with Crippen molar-refractivity contribution < 1.29 is 9.53 Å². The highest BCUT2D eigenvalue weighted by Gasteiger charge is 2.13. The van der Waals surface area contributed by atoms with E-state index in [0.29, 0.717) is 22.6 Å². The second-order valence-corrected chi connectivity index (χ2v) is 5.03. The number of nitrogens with two attached hydrogens (primary N) is 1. The molecule has 3 nitrogen and oxygen atoms in total. The summed E-state index contributed by atoms with van der Waals surface area (Å²) < 4.78 is 6.19. The maximum atomic E-state index is 12.3. The van der Waals surface area contributed by atoms with Gasteiger partial charge in [0.25, 0.3) is 0 Å². The van der Waals surface area contributed by atoms with Crippen molar-refractivity contribution in [1.29, 1.82) is 0 Å². The largest absolute Gasteiger partial charge is 0.497 e. The van der Waals surface area contributed by atoms with Crippen LogP contribution in [-0.2, 0) is 0 Å². The lowest BCUT2D eigenvalue weighted by Crippen LogP contribution is -2.05. The Labute approximate surface area is 119 Å². The maximum absolute atomic E-state index is 12.3. The zero-order chi connectivity index (χ0) is 13.1. The van der Waals surface area contributed by atoms with Gasteiger partial charge in [0, 0.05) is 20.4 Å². The van der Waals surface area contributed by atoms with Crippen molar-refractivity contribution in [3.63, 3.8) is 0 Å². The van der Waals surface area contributed by atoms with Gasteiger partial charge in [-0.3, -0.25) is 4.79 Å². The third kappa shape index (κ3) is 2.64. The number of ketones is 1. The van der Waals surface area contributed by atoms with E-state index in [1.54, 1.807) is 37.4 Å². The van der Waals surface area contributed by atoms with Crippen molar-refractivity contribution in [2.45, 2.75) is 0 Å². The van der Waals surface area contributed by atoms with Gasteiger partial charge in [0.2, 0.25) is 0 Å². The molecule has 2 N–H and O–H groups in total. The Morgan fingerprint density at radius 3 is 2.44 bits per heavy atom. The first kappa shape index (κ1) is 12.9. The molecule has 0 saturated heterocycles. The fraction of sp³-hybridized carbons (Fsp3) is 0.0714. The third-order valence-electron chi connectivity index (χ3n) is 2.61. The minimum absolute atomic E-state index is 0.0946. The number of hydrogen-bond donors (Lipinski definition) is 1. The molecule has 92 valence electrons. The molecule has 0 spiro atoms. The molecule has 0 aliphatic carbocycles. The molecule has 4 heteroatoms. The molecular weight excluding hydrogens is 341 g/mol. The number of rotatable bonds is 3. The molecule has 0 amide bonds. The molecule has 0 fully saturated rings. The Morgan fingerprint density at radius 2 is 1.83 bits per heavy atom. The molecule has 0 radical (unpaired) electrons. The van der Waals surface area contributed by atoms with Gasteiger partial charge < -0.3 is 10.5 Å². The zero-order valence-electron chi connectivity index (χ0n) is 9.81. The predicted molar refractivity (Wildman–Crippen MR) is 80.0 cm³/mol. The number of ether oxygens (including phenoxy) is 1. The van der Waals surface area contributed by atoms with E-state index in [0.717, 1.165) is 3.57 Å². The highest BCUT2D eigenvalue weighted by Crippen LogP contribution is 2.22. The number of benzene rings is 2. The fourth-order valence-corrected chi connectivity index (χ4v) is 1.98. The summed E-state index contributed by atoms with van der Waals surface area (Å²) in [5.74, 6) is 0.529. The summed E-state index contributed by atoms with van der Waals surface area (Å²) in [4.78, 5) is 12.3. The first-order valence-corrected chi connectivity index (χ1v) is 6.43. The Kier molecular flexibility index (Phi) is 3.86. The van der Waals surface area contributed by atoms with Crippen LogP contribution in [0.1, 0.15) is 15.9 Å². The molecule has 0 aliphatic rings. The summed E-state index contributed by atoms with van der Waals surface area (Å²) in [5, 5.41) is 0. The predicted octanol–water partition coefficient (Wildman–Crippen LogP) is 3.11. The number of carbonyl (C=O) groups is 1. The van der Waals surface area contributed by atoms with E-state index in [4.69, 9.17) is 10.5 Å². The smallest absolute Gasteiger partial charge is 0.195 e. The third-order valence-corrected chi connectivity index (χ3v) is 3.33. The second kappa shape index (κ2) is 5.39. The van der Waals surface area contributed by atoms with Crippen LogP contribution < -0.4 is 10.5 Å². The van der Waals surface area contributed by atoms with Gasteiger partial charge in [-0.1, -0.05) is 0 Å². The molecule has 2 aromatic carbocycles. The van der Waals surface area contributed by atoms with Crippen LogP contribution in [-0.4, -0.2) is 12.9 Å². The van der Waals surface area contributed by atoms with Gasteiger partial charge in [0.05, 0.1) is 7.11 Å². The standard InChI is InChI=1S/C14H12INO2/c1-18-11-6-7-13(16)12(8-11)14(17)9-2-4-10(15)5-3-9/h2-8H,16H2,1H3. The van der Waals surface area contributed by atoms with Crippen LogP contribution >= 0.6 is 22.6 Å². The molecular formula is C14H12INO2. The van der Waals surface area contributed by atoms with E-state index in [1.807, 2.05) is 12.1 Å². The molecule has 0 saturated carbocycles. The van der Waals surface area contributed by atoms with Crippen molar-refractivity contribution in [1.82, 2.24) is 0 Å². The second-order valence-electron chi connectivity index (χ2n) is 3.79.